The van der Waals surface area contributed by atoms with Crippen LogP contribution in [0.4, 0.5) is 5.69 Å². The molecule has 0 saturated heterocycles. The van der Waals surface area contributed by atoms with Crippen LogP contribution in [0.25, 0.3) is 5.52 Å². The Morgan fingerprint density at radius 2 is 1.79 bits per heavy atom. The summed E-state index contributed by atoms with van der Waals surface area (Å²) in [5.74, 6) is 2.96. The van der Waals surface area contributed by atoms with Gasteiger partial charge >= 0.3 is 174 Å². The van der Waals surface area contributed by atoms with Crippen LogP contribution >= 0.6 is 0 Å². The molecule has 4 heteroatoms. The van der Waals surface area contributed by atoms with E-state index >= 15 is 0 Å². The molecule has 1 amide bonds. The predicted octanol–water partition coefficient (Wildman–Crippen LogP) is 3.39. The van der Waals surface area contributed by atoms with Crippen molar-refractivity contribution in [1.29, 1.82) is 0 Å². The first kappa shape index (κ1) is 15.9. The van der Waals surface area contributed by atoms with E-state index in [1.165, 1.54) is 39.3 Å². The van der Waals surface area contributed by atoms with E-state index in [0.717, 1.165) is 35.4 Å². The summed E-state index contributed by atoms with van der Waals surface area (Å²) >= 11 is 0.314. The molecule has 4 bridgehead atoms. The van der Waals surface area contributed by atoms with E-state index < -0.39 is 0 Å². The summed E-state index contributed by atoms with van der Waals surface area (Å²) in [7, 11) is 0. The summed E-state index contributed by atoms with van der Waals surface area (Å²) in [5, 5.41) is 3.24. The number of carbonyl (C=O) groups excluding carboxylic acids is 1. The maximum atomic E-state index is 12.8. The standard InChI is InChI=1S/C20H23N2O.Ra.H/c23-19(21-17-3-1-5-22-6-2-4-18(17)22)13-20-10-14-7-15(11-20)9-16(8-14)12-20;;/h1-5,14-16H,7-13H2,(H,21,23);;. The molecule has 2 aromatic rings. The Labute approximate surface area is 172 Å². The van der Waals surface area contributed by atoms with Crippen LogP contribution in [0.5, 0.6) is 0 Å². The molecule has 122 valence electrons. The Morgan fingerprint density at radius 1 is 1.12 bits per heavy atom. The average Bonchev–Trinajstić information content (AvgIpc) is 2.88. The Hall–Kier alpha value is -0.302. The van der Waals surface area contributed by atoms with Crippen molar-refractivity contribution in [3.63, 3.8) is 0 Å². The van der Waals surface area contributed by atoms with Crippen LogP contribution in [-0.4, -0.2) is 10.3 Å². The number of aromatic nitrogens is 1. The summed E-state index contributed by atoms with van der Waals surface area (Å²) in [6.45, 7) is 0. The molecular weight excluding hydrogens is 510 g/mol. The van der Waals surface area contributed by atoms with Gasteiger partial charge in [0, 0.05) is 0 Å². The van der Waals surface area contributed by atoms with Gasteiger partial charge in [0.2, 0.25) is 0 Å². The van der Waals surface area contributed by atoms with E-state index in [0.29, 0.717) is 48.2 Å². The second-order valence-electron chi connectivity index (χ2n) is 8.79. The molecule has 0 aliphatic heterocycles. The van der Waals surface area contributed by atoms with Gasteiger partial charge in [0.15, 0.2) is 0 Å². The first-order valence-electron chi connectivity index (χ1n) is 9.47. The number of hydrogen-bond acceptors (Lipinski definition) is 1. The topological polar surface area (TPSA) is 33.5 Å². The summed E-state index contributed by atoms with van der Waals surface area (Å²) in [4.78, 5) is 12.8. The number of rotatable bonds is 3. The SMILES string of the molecule is O=C(CC12CC3CC(CC(C3)C1)C2)Nc1cccn2[c]([RaH])ccc12. The molecule has 24 heavy (non-hydrogen) atoms. The Kier molecular flexibility index (Phi) is 3.89. The van der Waals surface area contributed by atoms with Crippen LogP contribution in [-0.2, 0) is 4.79 Å². The van der Waals surface area contributed by atoms with E-state index in [9.17, 15) is 4.79 Å². The summed E-state index contributed by atoms with van der Waals surface area (Å²) in [5.41, 5.74) is 2.45. The molecule has 0 radical (unpaired) electrons. The van der Waals surface area contributed by atoms with Gasteiger partial charge in [0.25, 0.3) is 0 Å². The number of anilines is 1. The second kappa shape index (κ2) is 5.86. The predicted molar refractivity (Wildman–Crippen MR) is 92.3 cm³/mol. The van der Waals surface area contributed by atoms with Crippen molar-refractivity contribution >= 4 is 17.8 Å². The second-order valence-corrected chi connectivity index (χ2v) is 13.0. The number of pyridine rings is 1. The number of nitrogens with one attached hydrogen (secondary N) is 1. The molecular formula is C20H24N2ORa. The van der Waals surface area contributed by atoms with Crippen LogP contribution in [0.2, 0.25) is 0 Å². The molecule has 2 heterocycles. The van der Waals surface area contributed by atoms with Crippen molar-refractivity contribution < 1.29 is 47.6 Å². The Bertz CT molecular complexity index is 774. The van der Waals surface area contributed by atoms with Crippen LogP contribution < -0.4 is 6.05 Å². The zero-order chi connectivity index (χ0) is 16.3. The molecule has 2 aromatic heterocycles. The summed E-state index contributed by atoms with van der Waals surface area (Å²) < 4.78 is 3.67. The summed E-state index contributed by atoms with van der Waals surface area (Å²) in [6.07, 6.45) is 11.1. The quantitative estimate of drug-likeness (QED) is 0.644. The van der Waals surface area contributed by atoms with Gasteiger partial charge in [-0.3, -0.25) is 0 Å². The van der Waals surface area contributed by atoms with Crippen molar-refractivity contribution in [3.8, 4) is 0 Å². The van der Waals surface area contributed by atoms with Gasteiger partial charge in [0.1, 0.15) is 0 Å². The number of carbonyl (C=O) groups is 1. The molecule has 3 nitrogen and oxygen atoms in total. The molecule has 4 fully saturated rings. The average molecular weight is 534 g/mol. The third-order valence-electron chi connectivity index (χ3n) is 6.87. The molecule has 0 aromatic carbocycles. The van der Waals surface area contributed by atoms with Gasteiger partial charge in [-0.1, -0.05) is 0 Å². The van der Waals surface area contributed by atoms with E-state index in [1.807, 2.05) is 6.07 Å². The fourth-order valence-corrected chi connectivity index (χ4v) is 8.71. The molecule has 0 atom stereocenters. The van der Waals surface area contributed by atoms with Crippen LogP contribution in [0.1, 0.15) is 44.9 Å². The monoisotopic (exact) mass is 534 g/mol. The normalized spacial score (nSPS) is 33.9. The van der Waals surface area contributed by atoms with E-state index in [4.69, 9.17) is 0 Å². The van der Waals surface area contributed by atoms with Crippen molar-refractivity contribution in [1.82, 2.24) is 4.40 Å². The number of fused-ring (bicyclic) bond motifs is 1. The molecule has 6 rings (SSSR count). The maximum absolute atomic E-state index is 12.8. The van der Waals surface area contributed by atoms with Crippen LogP contribution in [0.3, 0.4) is 0 Å². The van der Waals surface area contributed by atoms with Crippen molar-refractivity contribution in [3.05, 3.63) is 30.5 Å². The van der Waals surface area contributed by atoms with Crippen molar-refractivity contribution in [2.24, 2.45) is 23.2 Å². The van der Waals surface area contributed by atoms with E-state index in [1.54, 1.807) is 0 Å². The zero-order valence-electron chi connectivity index (χ0n) is 14.4. The number of nitrogens with zero attached hydrogens (tertiary/aromatic N) is 1. The Morgan fingerprint density at radius 3 is 2.46 bits per heavy atom. The first-order chi connectivity index (χ1) is 11.6. The van der Waals surface area contributed by atoms with Crippen LogP contribution in [0, 0.1) is 66.0 Å². The van der Waals surface area contributed by atoms with Gasteiger partial charge in [0.05, 0.1) is 0 Å². The van der Waals surface area contributed by atoms with Gasteiger partial charge in [-0.25, -0.2) is 0 Å². The van der Waals surface area contributed by atoms with E-state index in [2.05, 4.69) is 34.1 Å². The third kappa shape index (κ3) is 2.70. The minimum absolute atomic E-state index is 0.231. The third-order valence-corrected chi connectivity index (χ3v) is 10.2. The molecule has 0 unspecified atom stereocenters. The zero-order valence-corrected chi connectivity index (χ0v) is 22.6. The fourth-order valence-electron chi connectivity index (χ4n) is 6.43. The van der Waals surface area contributed by atoms with Crippen molar-refractivity contribution in [2.45, 2.75) is 44.9 Å². The number of amides is 1. The minimum atomic E-state index is 0.231. The molecule has 4 aliphatic rings. The molecule has 1 N–H and O–H groups in total. The fraction of sp³-hybridized carbons (Fsp3) is 0.550. The number of hydrogen-bond donors (Lipinski definition) is 1. The Balaban J connectivity index is 1.36. The van der Waals surface area contributed by atoms with Gasteiger partial charge < -0.3 is 0 Å². The van der Waals surface area contributed by atoms with Gasteiger partial charge in [-0.05, 0) is 0 Å². The van der Waals surface area contributed by atoms with Gasteiger partial charge in [-0.15, -0.1) is 0 Å². The first-order valence-corrected chi connectivity index (χ1v) is 13.6. The van der Waals surface area contributed by atoms with E-state index in [-0.39, 0.29) is 5.91 Å². The molecule has 0 spiro atoms. The van der Waals surface area contributed by atoms with Gasteiger partial charge in [-0.2, -0.15) is 0 Å². The van der Waals surface area contributed by atoms with Crippen molar-refractivity contribution in [2.75, 3.05) is 5.32 Å². The van der Waals surface area contributed by atoms with Crippen LogP contribution in [0.15, 0.2) is 30.5 Å². The summed E-state index contributed by atoms with van der Waals surface area (Å²) in [6, 6.07) is 8.45. The molecule has 4 saturated carbocycles. The molecule has 4 aliphatic carbocycles.